The van der Waals surface area contributed by atoms with Crippen LogP contribution in [0.5, 0.6) is 0 Å². The lowest BCUT2D eigenvalue weighted by molar-refractivity contribution is 0.460. The first kappa shape index (κ1) is 16.4. The zero-order chi connectivity index (χ0) is 14.5. The van der Waals surface area contributed by atoms with Gasteiger partial charge in [0.15, 0.2) is 0 Å². The third kappa shape index (κ3) is 4.42. The minimum absolute atomic E-state index is 0.342. The van der Waals surface area contributed by atoms with Crippen molar-refractivity contribution in [3.05, 3.63) is 29.0 Å². The van der Waals surface area contributed by atoms with Crippen LogP contribution in [-0.2, 0) is 16.6 Å². The lowest BCUT2D eigenvalue weighted by Crippen LogP contribution is -2.30. The molecule has 108 valence electrons. The largest absolute Gasteiger partial charge is 0.310 e. The summed E-state index contributed by atoms with van der Waals surface area (Å²) in [4.78, 5) is 1.41. The summed E-state index contributed by atoms with van der Waals surface area (Å²) in [6, 6.07) is 2.14. The average molecular weight is 302 g/mol. The number of likely N-dealkylation sites (N-methyl/N-ethyl adjacent to an activating group) is 1. The number of nitrogens with zero attached hydrogens (tertiary/aromatic N) is 1. The van der Waals surface area contributed by atoms with E-state index in [4.69, 9.17) is 0 Å². The Bertz CT molecular complexity index is 506. The van der Waals surface area contributed by atoms with Crippen LogP contribution in [0.15, 0.2) is 29.0 Å². The fourth-order valence-corrected chi connectivity index (χ4v) is 4.22. The van der Waals surface area contributed by atoms with Gasteiger partial charge < -0.3 is 5.32 Å². The summed E-state index contributed by atoms with van der Waals surface area (Å²) >= 11 is 1.47. The maximum atomic E-state index is 12.4. The second kappa shape index (κ2) is 7.19. The first-order valence-electron chi connectivity index (χ1n) is 6.33. The lowest BCUT2D eigenvalue weighted by atomic mass is 10.4. The van der Waals surface area contributed by atoms with E-state index in [2.05, 4.69) is 25.7 Å². The van der Waals surface area contributed by atoms with Crippen molar-refractivity contribution in [2.45, 2.75) is 38.3 Å². The van der Waals surface area contributed by atoms with Crippen molar-refractivity contribution >= 4 is 21.4 Å². The van der Waals surface area contributed by atoms with Gasteiger partial charge in [0.1, 0.15) is 0 Å². The molecular formula is C13H22N2O2S2. The van der Waals surface area contributed by atoms with Crippen LogP contribution in [0.4, 0.5) is 0 Å². The van der Waals surface area contributed by atoms with Crippen LogP contribution in [0, 0.1) is 0 Å². The van der Waals surface area contributed by atoms with E-state index in [0.29, 0.717) is 30.6 Å². The third-order valence-electron chi connectivity index (χ3n) is 2.64. The minimum Gasteiger partial charge on any atom is -0.310 e. The van der Waals surface area contributed by atoms with Gasteiger partial charge in [-0.2, -0.15) is 4.31 Å². The molecule has 0 bridgehead atoms. The average Bonchev–Trinajstić information content (AvgIpc) is 2.82. The van der Waals surface area contributed by atoms with Gasteiger partial charge in [-0.3, -0.25) is 0 Å². The Kier molecular flexibility index (Phi) is 6.19. The van der Waals surface area contributed by atoms with Crippen molar-refractivity contribution in [2.24, 2.45) is 0 Å². The van der Waals surface area contributed by atoms with Gasteiger partial charge in [0, 0.05) is 35.9 Å². The van der Waals surface area contributed by atoms with E-state index in [9.17, 15) is 8.42 Å². The number of hydrogen-bond donors (Lipinski definition) is 1. The van der Waals surface area contributed by atoms with Crippen LogP contribution >= 0.6 is 11.3 Å². The first-order chi connectivity index (χ1) is 8.91. The number of sulfonamides is 1. The maximum Gasteiger partial charge on any atom is 0.244 e. The Hall–Kier alpha value is -0.690. The molecule has 0 atom stereocenters. The SMILES string of the molecule is C=CCN(CC)S(=O)(=O)c1csc(CNC(C)C)c1. The molecule has 1 N–H and O–H groups in total. The molecule has 0 aliphatic rings. The zero-order valence-electron chi connectivity index (χ0n) is 11.7. The number of nitrogens with one attached hydrogen (secondary N) is 1. The normalized spacial score (nSPS) is 12.3. The van der Waals surface area contributed by atoms with Gasteiger partial charge in [0.25, 0.3) is 0 Å². The van der Waals surface area contributed by atoms with E-state index in [1.54, 1.807) is 17.5 Å². The Balaban J connectivity index is 2.87. The van der Waals surface area contributed by atoms with E-state index in [-0.39, 0.29) is 0 Å². The second-order valence-electron chi connectivity index (χ2n) is 4.53. The summed E-state index contributed by atoms with van der Waals surface area (Å²) in [5.41, 5.74) is 0. The fraction of sp³-hybridized carbons (Fsp3) is 0.538. The van der Waals surface area contributed by atoms with Crippen LogP contribution in [-0.4, -0.2) is 31.9 Å². The molecule has 0 saturated carbocycles. The molecule has 0 unspecified atom stereocenters. The van der Waals surface area contributed by atoms with Crippen molar-refractivity contribution in [2.75, 3.05) is 13.1 Å². The Morgan fingerprint density at radius 1 is 1.53 bits per heavy atom. The third-order valence-corrected chi connectivity index (χ3v) is 5.64. The molecule has 0 saturated heterocycles. The summed E-state index contributed by atoms with van der Waals surface area (Å²) in [6.07, 6.45) is 1.61. The molecule has 6 heteroatoms. The van der Waals surface area contributed by atoms with Crippen molar-refractivity contribution in [3.8, 4) is 0 Å². The highest BCUT2D eigenvalue weighted by molar-refractivity contribution is 7.89. The number of thiophene rings is 1. The molecule has 0 spiro atoms. The van der Waals surface area contributed by atoms with E-state index >= 15 is 0 Å². The molecule has 4 nitrogen and oxygen atoms in total. The standard InChI is InChI=1S/C13H22N2O2S2/c1-5-7-15(6-2)19(16,17)13-8-12(18-10-13)9-14-11(3)4/h5,8,10-11,14H,1,6-7,9H2,2-4H3. The van der Waals surface area contributed by atoms with Gasteiger partial charge in [-0.15, -0.1) is 17.9 Å². The maximum absolute atomic E-state index is 12.4. The van der Waals surface area contributed by atoms with Crippen molar-refractivity contribution in [1.82, 2.24) is 9.62 Å². The lowest BCUT2D eigenvalue weighted by Gasteiger charge is -2.17. The van der Waals surface area contributed by atoms with Crippen LogP contribution in [0.1, 0.15) is 25.6 Å². The summed E-state index contributed by atoms with van der Waals surface area (Å²) in [5, 5.41) is 4.99. The van der Waals surface area contributed by atoms with E-state index in [0.717, 1.165) is 4.88 Å². The summed E-state index contributed by atoms with van der Waals surface area (Å²) in [5.74, 6) is 0. The Morgan fingerprint density at radius 3 is 2.74 bits per heavy atom. The predicted octanol–water partition coefficient (Wildman–Crippen LogP) is 2.44. The summed E-state index contributed by atoms with van der Waals surface area (Å²) in [7, 11) is -3.39. The van der Waals surface area contributed by atoms with Crippen molar-refractivity contribution in [3.63, 3.8) is 0 Å². The molecule has 0 radical (unpaired) electrons. The topological polar surface area (TPSA) is 49.4 Å². The zero-order valence-corrected chi connectivity index (χ0v) is 13.4. The van der Waals surface area contributed by atoms with Gasteiger partial charge in [-0.05, 0) is 6.07 Å². The summed E-state index contributed by atoms with van der Waals surface area (Å²) in [6.45, 7) is 11.0. The second-order valence-corrected chi connectivity index (χ2v) is 7.46. The van der Waals surface area contributed by atoms with E-state index in [1.807, 2.05) is 6.92 Å². The molecule has 1 aromatic heterocycles. The molecule has 0 fully saturated rings. The van der Waals surface area contributed by atoms with Gasteiger partial charge in [-0.25, -0.2) is 8.42 Å². The van der Waals surface area contributed by atoms with Crippen LogP contribution in [0.2, 0.25) is 0 Å². The van der Waals surface area contributed by atoms with Crippen molar-refractivity contribution < 1.29 is 8.42 Å². The van der Waals surface area contributed by atoms with Gasteiger partial charge >= 0.3 is 0 Å². The number of rotatable bonds is 8. The number of hydrogen-bond acceptors (Lipinski definition) is 4. The summed E-state index contributed by atoms with van der Waals surface area (Å²) < 4.78 is 26.2. The minimum atomic E-state index is -3.39. The quantitative estimate of drug-likeness (QED) is 0.750. The van der Waals surface area contributed by atoms with Gasteiger partial charge in [0.05, 0.1) is 4.90 Å². The van der Waals surface area contributed by atoms with Crippen LogP contribution in [0.25, 0.3) is 0 Å². The molecule has 0 amide bonds. The smallest absolute Gasteiger partial charge is 0.244 e. The van der Waals surface area contributed by atoms with Crippen LogP contribution in [0.3, 0.4) is 0 Å². The molecule has 0 aliphatic heterocycles. The van der Waals surface area contributed by atoms with E-state index < -0.39 is 10.0 Å². The highest BCUT2D eigenvalue weighted by Crippen LogP contribution is 2.22. The van der Waals surface area contributed by atoms with E-state index in [1.165, 1.54) is 15.6 Å². The molecule has 1 aromatic rings. The Morgan fingerprint density at radius 2 is 2.21 bits per heavy atom. The predicted molar refractivity (Wildman–Crippen MR) is 80.9 cm³/mol. The van der Waals surface area contributed by atoms with Crippen LogP contribution < -0.4 is 5.32 Å². The highest BCUT2D eigenvalue weighted by Gasteiger charge is 2.23. The fourth-order valence-electron chi connectivity index (χ4n) is 1.58. The first-order valence-corrected chi connectivity index (χ1v) is 8.65. The monoisotopic (exact) mass is 302 g/mol. The molecule has 19 heavy (non-hydrogen) atoms. The van der Waals surface area contributed by atoms with Gasteiger partial charge in [-0.1, -0.05) is 26.8 Å². The highest BCUT2D eigenvalue weighted by atomic mass is 32.2. The molecular weight excluding hydrogens is 280 g/mol. The molecule has 1 rings (SSSR count). The van der Waals surface area contributed by atoms with Gasteiger partial charge in [0.2, 0.25) is 10.0 Å². The molecule has 0 aliphatic carbocycles. The molecule has 1 heterocycles. The Labute approximate surface area is 120 Å². The van der Waals surface area contributed by atoms with Crippen molar-refractivity contribution in [1.29, 1.82) is 0 Å². The molecule has 0 aromatic carbocycles.